The molecule has 0 amide bonds. The summed E-state index contributed by atoms with van der Waals surface area (Å²) in [5, 5.41) is 0. The number of nitrogens with zero attached hydrogens (tertiary/aromatic N) is 1. The lowest BCUT2D eigenvalue weighted by molar-refractivity contribution is 0.687. The third-order valence-electron chi connectivity index (χ3n) is 4.18. The van der Waals surface area contributed by atoms with Gasteiger partial charge in [0.2, 0.25) is 0 Å². The van der Waals surface area contributed by atoms with E-state index in [-0.39, 0.29) is 0 Å². The molecule has 0 aliphatic heterocycles. The number of hydrogen-bond acceptors (Lipinski definition) is 1. The Morgan fingerprint density at radius 2 is 1.71 bits per heavy atom. The summed E-state index contributed by atoms with van der Waals surface area (Å²) in [6.07, 6.45) is 9.66. The Kier molecular flexibility index (Phi) is 5.98. The third kappa shape index (κ3) is 4.17. The van der Waals surface area contributed by atoms with Crippen molar-refractivity contribution in [3.63, 3.8) is 0 Å². The molecule has 1 aromatic carbocycles. The standard InChI is InChI=1S/C20H27N/c1-4-11-17(5-2)20-15-10-9-14-19(20)16(3)21-18-12-7-6-8-13-18/h6-8,11-13H,4-5,9-10,14-15H2,1-3H3/b17-11+,21-16?. The maximum absolute atomic E-state index is 4.84. The van der Waals surface area contributed by atoms with Crippen molar-refractivity contribution in [3.8, 4) is 0 Å². The lowest BCUT2D eigenvalue weighted by atomic mass is 9.84. The van der Waals surface area contributed by atoms with Crippen LogP contribution in [0.25, 0.3) is 0 Å². The molecule has 0 aromatic heterocycles. The van der Waals surface area contributed by atoms with E-state index in [1.165, 1.54) is 42.5 Å². The first kappa shape index (κ1) is 15.8. The molecule has 112 valence electrons. The van der Waals surface area contributed by atoms with E-state index in [1.54, 1.807) is 5.57 Å². The average molecular weight is 281 g/mol. The Bertz CT molecular complexity index is 546. The molecule has 1 aromatic rings. The van der Waals surface area contributed by atoms with Gasteiger partial charge in [0.25, 0.3) is 0 Å². The summed E-state index contributed by atoms with van der Waals surface area (Å²) < 4.78 is 0. The number of aliphatic imine (C=N–C) groups is 1. The molecule has 0 atom stereocenters. The summed E-state index contributed by atoms with van der Waals surface area (Å²) in [5.41, 5.74) is 6.86. The SMILES string of the molecule is CC/C=C(\CC)C1=C(C(C)=Nc2ccccc2)CCCC1. The van der Waals surface area contributed by atoms with Crippen LogP contribution in [-0.2, 0) is 0 Å². The fourth-order valence-corrected chi connectivity index (χ4v) is 3.15. The first-order valence-corrected chi connectivity index (χ1v) is 8.28. The summed E-state index contributed by atoms with van der Waals surface area (Å²) in [7, 11) is 0. The van der Waals surface area contributed by atoms with Gasteiger partial charge in [-0.3, -0.25) is 4.99 Å². The molecule has 1 aliphatic rings. The summed E-state index contributed by atoms with van der Waals surface area (Å²) >= 11 is 0. The van der Waals surface area contributed by atoms with Gasteiger partial charge in [-0.1, -0.05) is 38.1 Å². The molecule has 0 bridgehead atoms. The van der Waals surface area contributed by atoms with Crippen molar-refractivity contribution in [2.75, 3.05) is 0 Å². The second-order valence-electron chi connectivity index (χ2n) is 5.69. The Labute approximate surface area is 129 Å². The van der Waals surface area contributed by atoms with E-state index in [1.807, 2.05) is 6.07 Å². The largest absolute Gasteiger partial charge is 0.253 e. The van der Waals surface area contributed by atoms with Crippen LogP contribution in [-0.4, -0.2) is 5.71 Å². The van der Waals surface area contributed by atoms with Gasteiger partial charge in [0, 0.05) is 5.71 Å². The molecule has 2 rings (SSSR count). The van der Waals surface area contributed by atoms with E-state index in [0.29, 0.717) is 0 Å². The van der Waals surface area contributed by atoms with Crippen LogP contribution in [0, 0.1) is 0 Å². The highest BCUT2D eigenvalue weighted by atomic mass is 14.7. The van der Waals surface area contributed by atoms with Crippen LogP contribution in [0.4, 0.5) is 5.69 Å². The Morgan fingerprint density at radius 3 is 2.33 bits per heavy atom. The molecule has 0 saturated carbocycles. The number of para-hydroxylation sites is 1. The van der Waals surface area contributed by atoms with Crippen molar-refractivity contribution in [2.45, 2.75) is 59.3 Å². The fraction of sp³-hybridized carbons (Fsp3) is 0.450. The molecule has 0 unspecified atom stereocenters. The summed E-state index contributed by atoms with van der Waals surface area (Å²) in [4.78, 5) is 4.84. The third-order valence-corrected chi connectivity index (χ3v) is 4.18. The fourth-order valence-electron chi connectivity index (χ4n) is 3.15. The van der Waals surface area contributed by atoms with Crippen molar-refractivity contribution in [3.05, 3.63) is 53.1 Å². The zero-order valence-electron chi connectivity index (χ0n) is 13.7. The van der Waals surface area contributed by atoms with Crippen LogP contribution in [0.1, 0.15) is 59.3 Å². The molecule has 1 aliphatic carbocycles. The second kappa shape index (κ2) is 7.97. The van der Waals surface area contributed by atoms with E-state index in [4.69, 9.17) is 4.99 Å². The minimum absolute atomic E-state index is 1.06. The summed E-state index contributed by atoms with van der Waals surface area (Å²) in [6, 6.07) is 10.3. The molecule has 0 fully saturated rings. The monoisotopic (exact) mass is 281 g/mol. The Hall–Kier alpha value is -1.63. The molecule has 0 N–H and O–H groups in total. The molecular formula is C20H27N. The summed E-state index contributed by atoms with van der Waals surface area (Å²) in [6.45, 7) is 6.67. The van der Waals surface area contributed by atoms with Crippen LogP contribution in [0.2, 0.25) is 0 Å². The molecule has 0 saturated heterocycles. The van der Waals surface area contributed by atoms with Crippen LogP contribution in [0.15, 0.2) is 58.1 Å². The van der Waals surface area contributed by atoms with E-state index in [2.05, 4.69) is 51.1 Å². The van der Waals surface area contributed by atoms with Gasteiger partial charge < -0.3 is 0 Å². The van der Waals surface area contributed by atoms with Gasteiger partial charge in [0.1, 0.15) is 0 Å². The van der Waals surface area contributed by atoms with Gasteiger partial charge in [-0.15, -0.1) is 0 Å². The predicted molar refractivity (Wildman–Crippen MR) is 93.4 cm³/mol. The van der Waals surface area contributed by atoms with E-state index >= 15 is 0 Å². The predicted octanol–water partition coefficient (Wildman–Crippen LogP) is 6.40. The number of rotatable bonds is 5. The van der Waals surface area contributed by atoms with Crippen molar-refractivity contribution in [1.29, 1.82) is 0 Å². The van der Waals surface area contributed by atoms with Gasteiger partial charge >= 0.3 is 0 Å². The van der Waals surface area contributed by atoms with Gasteiger partial charge in [-0.2, -0.15) is 0 Å². The molecular weight excluding hydrogens is 254 g/mol. The molecule has 1 heteroatoms. The lowest BCUT2D eigenvalue weighted by Crippen LogP contribution is -2.09. The van der Waals surface area contributed by atoms with Crippen LogP contribution < -0.4 is 0 Å². The zero-order valence-corrected chi connectivity index (χ0v) is 13.7. The molecule has 1 nitrogen and oxygen atoms in total. The highest BCUT2D eigenvalue weighted by molar-refractivity contribution is 6.01. The number of benzene rings is 1. The van der Waals surface area contributed by atoms with Crippen molar-refractivity contribution < 1.29 is 0 Å². The molecule has 0 spiro atoms. The van der Waals surface area contributed by atoms with E-state index < -0.39 is 0 Å². The highest BCUT2D eigenvalue weighted by Crippen LogP contribution is 2.33. The molecule has 0 radical (unpaired) electrons. The van der Waals surface area contributed by atoms with Crippen LogP contribution in [0.3, 0.4) is 0 Å². The van der Waals surface area contributed by atoms with Crippen molar-refractivity contribution in [1.82, 2.24) is 0 Å². The minimum atomic E-state index is 1.06. The minimum Gasteiger partial charge on any atom is -0.253 e. The average Bonchev–Trinajstić information content (AvgIpc) is 2.53. The molecule has 21 heavy (non-hydrogen) atoms. The van der Waals surface area contributed by atoms with Crippen LogP contribution >= 0.6 is 0 Å². The normalized spacial score (nSPS) is 17.3. The topological polar surface area (TPSA) is 12.4 Å². The van der Waals surface area contributed by atoms with E-state index in [0.717, 1.165) is 18.5 Å². The lowest BCUT2D eigenvalue weighted by Gasteiger charge is -2.22. The van der Waals surface area contributed by atoms with Crippen LogP contribution in [0.5, 0.6) is 0 Å². The first-order valence-electron chi connectivity index (χ1n) is 8.28. The molecule has 0 heterocycles. The maximum Gasteiger partial charge on any atom is 0.0632 e. The maximum atomic E-state index is 4.84. The van der Waals surface area contributed by atoms with E-state index in [9.17, 15) is 0 Å². The zero-order chi connectivity index (χ0) is 15.1. The van der Waals surface area contributed by atoms with Crippen molar-refractivity contribution in [2.24, 2.45) is 4.99 Å². The van der Waals surface area contributed by atoms with Gasteiger partial charge in [0.05, 0.1) is 5.69 Å². The number of hydrogen-bond donors (Lipinski definition) is 0. The van der Waals surface area contributed by atoms with Gasteiger partial charge in [-0.25, -0.2) is 0 Å². The van der Waals surface area contributed by atoms with Gasteiger partial charge in [0.15, 0.2) is 0 Å². The van der Waals surface area contributed by atoms with Gasteiger partial charge in [-0.05, 0) is 74.3 Å². The number of allylic oxidation sites excluding steroid dienone is 4. The Balaban J connectivity index is 2.39. The quantitative estimate of drug-likeness (QED) is 0.554. The second-order valence-corrected chi connectivity index (χ2v) is 5.69. The first-order chi connectivity index (χ1) is 10.3. The van der Waals surface area contributed by atoms with Crippen molar-refractivity contribution >= 4 is 11.4 Å². The summed E-state index contributed by atoms with van der Waals surface area (Å²) in [5.74, 6) is 0. The highest BCUT2D eigenvalue weighted by Gasteiger charge is 2.17. The smallest absolute Gasteiger partial charge is 0.0632 e. The Morgan fingerprint density at radius 1 is 1.05 bits per heavy atom.